The Morgan fingerprint density at radius 1 is 1.57 bits per heavy atom. The minimum absolute atomic E-state index is 0.904. The monoisotopic (exact) mass is 193 g/mol. The smallest absolute Gasteiger partial charge is 0.0524 e. The van der Waals surface area contributed by atoms with E-state index < -0.39 is 0 Å². The van der Waals surface area contributed by atoms with Crippen molar-refractivity contribution in [1.29, 1.82) is 0 Å². The van der Waals surface area contributed by atoms with E-state index in [1.807, 2.05) is 12.3 Å². The van der Waals surface area contributed by atoms with Crippen LogP contribution < -0.4 is 5.32 Å². The Bertz CT molecular complexity index is 239. The zero-order valence-electron chi connectivity index (χ0n) is 9.03. The molecule has 14 heavy (non-hydrogen) atoms. The van der Waals surface area contributed by atoms with Crippen molar-refractivity contribution >= 4 is 6.21 Å². The number of dihydropyridines is 1. The van der Waals surface area contributed by atoms with Crippen LogP contribution in [0.1, 0.15) is 6.42 Å². The second kappa shape index (κ2) is 6.38. The first kappa shape index (κ1) is 11.0. The highest BCUT2D eigenvalue weighted by molar-refractivity contribution is 5.78. The summed E-state index contributed by atoms with van der Waals surface area (Å²) in [6.45, 7) is 2.92. The number of allylic oxidation sites excluding steroid dienone is 3. The second-order valence-corrected chi connectivity index (χ2v) is 3.62. The average molecular weight is 193 g/mol. The quantitative estimate of drug-likeness (QED) is 0.522. The molecule has 0 aliphatic carbocycles. The molecule has 78 valence electrons. The minimum atomic E-state index is 0.904. The molecule has 0 saturated heterocycles. The lowest BCUT2D eigenvalue weighted by atomic mass is 10.3. The summed E-state index contributed by atoms with van der Waals surface area (Å²) in [5, 5.41) is 3.23. The first-order chi connectivity index (χ1) is 6.79. The fraction of sp³-hybridized carbons (Fsp3) is 0.545. The lowest BCUT2D eigenvalue weighted by Gasteiger charge is -2.08. The molecule has 1 rings (SSSR count). The van der Waals surface area contributed by atoms with Crippen LogP contribution >= 0.6 is 0 Å². The number of aliphatic imine (C=N–C) groups is 1. The van der Waals surface area contributed by atoms with Gasteiger partial charge in [-0.1, -0.05) is 12.2 Å². The molecule has 0 aromatic heterocycles. The van der Waals surface area contributed by atoms with Gasteiger partial charge in [-0.05, 0) is 33.1 Å². The van der Waals surface area contributed by atoms with Crippen LogP contribution in [0.25, 0.3) is 0 Å². The largest absolute Gasteiger partial charge is 0.380 e. The summed E-state index contributed by atoms with van der Waals surface area (Å²) < 4.78 is 0. The van der Waals surface area contributed by atoms with E-state index >= 15 is 0 Å². The van der Waals surface area contributed by atoms with Crippen LogP contribution in [-0.2, 0) is 0 Å². The third-order valence-corrected chi connectivity index (χ3v) is 1.96. The predicted molar refractivity (Wildman–Crippen MR) is 61.8 cm³/mol. The molecule has 0 fully saturated rings. The van der Waals surface area contributed by atoms with Crippen molar-refractivity contribution in [3.05, 3.63) is 23.9 Å². The molecule has 1 N–H and O–H groups in total. The van der Waals surface area contributed by atoms with E-state index in [1.54, 1.807) is 0 Å². The fourth-order valence-electron chi connectivity index (χ4n) is 1.21. The Morgan fingerprint density at radius 2 is 2.43 bits per heavy atom. The van der Waals surface area contributed by atoms with E-state index in [9.17, 15) is 0 Å². The molecule has 1 aliphatic heterocycles. The molecule has 0 aromatic rings. The summed E-state index contributed by atoms with van der Waals surface area (Å²) in [6, 6.07) is 0. The summed E-state index contributed by atoms with van der Waals surface area (Å²) in [6.07, 6.45) is 9.21. The molecule has 0 saturated carbocycles. The molecule has 0 radical (unpaired) electrons. The zero-order chi connectivity index (χ0) is 10.2. The highest BCUT2D eigenvalue weighted by Gasteiger charge is 1.92. The molecule has 3 heteroatoms. The van der Waals surface area contributed by atoms with Gasteiger partial charge < -0.3 is 10.2 Å². The SMILES string of the molecule is CN(C)CCCN=CC1=CC=CCN1. The topological polar surface area (TPSA) is 27.6 Å². The summed E-state index contributed by atoms with van der Waals surface area (Å²) in [5.74, 6) is 0. The molecule has 1 aliphatic rings. The summed E-state index contributed by atoms with van der Waals surface area (Å²) in [5.41, 5.74) is 1.11. The third-order valence-electron chi connectivity index (χ3n) is 1.96. The van der Waals surface area contributed by atoms with Crippen molar-refractivity contribution in [2.75, 3.05) is 33.7 Å². The Kier molecular flexibility index (Phi) is 5.00. The van der Waals surface area contributed by atoms with E-state index in [1.165, 1.54) is 0 Å². The van der Waals surface area contributed by atoms with Gasteiger partial charge >= 0.3 is 0 Å². The summed E-state index contributed by atoms with van der Waals surface area (Å²) in [4.78, 5) is 6.53. The number of hydrogen-bond donors (Lipinski definition) is 1. The minimum Gasteiger partial charge on any atom is -0.380 e. The maximum absolute atomic E-state index is 4.35. The molecule has 0 atom stereocenters. The van der Waals surface area contributed by atoms with E-state index in [0.717, 1.165) is 31.8 Å². The normalized spacial score (nSPS) is 16.1. The Labute approximate surface area is 86.2 Å². The highest BCUT2D eigenvalue weighted by atomic mass is 15.0. The van der Waals surface area contributed by atoms with Crippen LogP contribution in [0.4, 0.5) is 0 Å². The maximum Gasteiger partial charge on any atom is 0.0524 e. The van der Waals surface area contributed by atoms with E-state index in [0.29, 0.717) is 0 Å². The van der Waals surface area contributed by atoms with Gasteiger partial charge in [0.1, 0.15) is 0 Å². The highest BCUT2D eigenvalue weighted by Crippen LogP contribution is 1.93. The van der Waals surface area contributed by atoms with Crippen molar-refractivity contribution in [2.45, 2.75) is 6.42 Å². The Hall–Kier alpha value is -1.09. The van der Waals surface area contributed by atoms with Gasteiger partial charge in [-0.2, -0.15) is 0 Å². The maximum atomic E-state index is 4.35. The lowest BCUT2D eigenvalue weighted by molar-refractivity contribution is 0.403. The Morgan fingerprint density at radius 3 is 3.07 bits per heavy atom. The van der Waals surface area contributed by atoms with Crippen LogP contribution in [0.15, 0.2) is 28.9 Å². The van der Waals surface area contributed by atoms with Crippen LogP contribution in [-0.4, -0.2) is 44.8 Å². The van der Waals surface area contributed by atoms with Crippen molar-refractivity contribution in [3.8, 4) is 0 Å². The van der Waals surface area contributed by atoms with Gasteiger partial charge in [0.15, 0.2) is 0 Å². The molecule has 0 spiro atoms. The van der Waals surface area contributed by atoms with Gasteiger partial charge in [0, 0.05) is 19.3 Å². The van der Waals surface area contributed by atoms with Gasteiger partial charge in [0.2, 0.25) is 0 Å². The van der Waals surface area contributed by atoms with Crippen LogP contribution in [0.5, 0.6) is 0 Å². The molecule has 0 unspecified atom stereocenters. The zero-order valence-corrected chi connectivity index (χ0v) is 9.03. The van der Waals surface area contributed by atoms with Crippen LogP contribution in [0.2, 0.25) is 0 Å². The van der Waals surface area contributed by atoms with Crippen LogP contribution in [0, 0.1) is 0 Å². The third kappa shape index (κ3) is 4.82. The van der Waals surface area contributed by atoms with Gasteiger partial charge in [-0.25, -0.2) is 0 Å². The molecule has 0 aromatic carbocycles. The second-order valence-electron chi connectivity index (χ2n) is 3.62. The fourth-order valence-corrected chi connectivity index (χ4v) is 1.21. The number of nitrogens with zero attached hydrogens (tertiary/aromatic N) is 2. The van der Waals surface area contributed by atoms with E-state index in [-0.39, 0.29) is 0 Å². The first-order valence-electron chi connectivity index (χ1n) is 5.04. The van der Waals surface area contributed by atoms with E-state index in [2.05, 4.69) is 41.5 Å². The number of nitrogens with one attached hydrogen (secondary N) is 1. The first-order valence-corrected chi connectivity index (χ1v) is 5.04. The molecule has 1 heterocycles. The molecular weight excluding hydrogens is 174 g/mol. The molecule has 0 bridgehead atoms. The molecular formula is C11H19N3. The number of hydrogen-bond acceptors (Lipinski definition) is 3. The molecule has 0 amide bonds. The van der Waals surface area contributed by atoms with Gasteiger partial charge in [-0.15, -0.1) is 0 Å². The van der Waals surface area contributed by atoms with Crippen LogP contribution in [0.3, 0.4) is 0 Å². The van der Waals surface area contributed by atoms with Gasteiger partial charge in [-0.3, -0.25) is 4.99 Å². The summed E-state index contributed by atoms with van der Waals surface area (Å²) >= 11 is 0. The van der Waals surface area contributed by atoms with Crippen molar-refractivity contribution in [3.63, 3.8) is 0 Å². The Balaban J connectivity index is 2.14. The van der Waals surface area contributed by atoms with Crippen molar-refractivity contribution < 1.29 is 0 Å². The van der Waals surface area contributed by atoms with Gasteiger partial charge in [0.05, 0.1) is 5.70 Å². The summed E-state index contributed by atoms with van der Waals surface area (Å²) in [7, 11) is 4.17. The lowest BCUT2D eigenvalue weighted by Crippen LogP contribution is -2.16. The van der Waals surface area contributed by atoms with Crippen molar-refractivity contribution in [1.82, 2.24) is 10.2 Å². The standard InChI is InChI=1S/C11H19N3/c1-14(2)9-5-7-12-10-11-6-3-4-8-13-11/h3-4,6,10,13H,5,7-9H2,1-2H3. The van der Waals surface area contributed by atoms with E-state index in [4.69, 9.17) is 0 Å². The number of rotatable bonds is 5. The van der Waals surface area contributed by atoms with Gasteiger partial charge in [0.25, 0.3) is 0 Å². The van der Waals surface area contributed by atoms with Crippen molar-refractivity contribution in [2.24, 2.45) is 4.99 Å². The predicted octanol–water partition coefficient (Wildman–Crippen LogP) is 1.05. The average Bonchev–Trinajstić information content (AvgIpc) is 2.18. The molecule has 3 nitrogen and oxygen atoms in total.